The van der Waals surface area contributed by atoms with Crippen LogP contribution >= 0.6 is 0 Å². The van der Waals surface area contributed by atoms with Crippen molar-refractivity contribution in [3.8, 4) is 5.75 Å². The number of nitrogens with one attached hydrogen (secondary N) is 2. The van der Waals surface area contributed by atoms with E-state index in [2.05, 4.69) is 10.6 Å². The monoisotopic (exact) mass is 377 g/mol. The molecule has 0 heterocycles. The Morgan fingerprint density at radius 3 is 2.39 bits per heavy atom. The first-order valence-corrected chi connectivity index (χ1v) is 8.65. The maximum absolute atomic E-state index is 12.0. The van der Waals surface area contributed by atoms with Crippen LogP contribution in [0.2, 0.25) is 0 Å². The molecule has 0 aliphatic carbocycles. The van der Waals surface area contributed by atoms with Gasteiger partial charge in [0.05, 0.1) is 4.92 Å². The number of ether oxygens (including phenoxy) is 1. The summed E-state index contributed by atoms with van der Waals surface area (Å²) in [5.41, 5.74) is 2.50. The Morgan fingerprint density at radius 1 is 0.929 bits per heavy atom. The number of hydrogen-bond donors (Lipinski definition) is 2. The molecule has 0 radical (unpaired) electrons. The lowest BCUT2D eigenvalue weighted by molar-refractivity contribution is -0.384. The van der Waals surface area contributed by atoms with Gasteiger partial charge in [-0.25, -0.2) is 0 Å². The number of nitro benzene ring substituents is 1. The number of benzene rings is 3. The number of nitrogens with zero attached hydrogens (tertiary/aromatic N) is 1. The fraction of sp³-hybridized carbons (Fsp3) is 0.0952. The van der Waals surface area contributed by atoms with Crippen LogP contribution in [0, 0.1) is 10.1 Å². The summed E-state index contributed by atoms with van der Waals surface area (Å²) in [5, 5.41) is 16.6. The van der Waals surface area contributed by atoms with E-state index in [4.69, 9.17) is 4.74 Å². The summed E-state index contributed by atoms with van der Waals surface area (Å²) in [7, 11) is 0. The van der Waals surface area contributed by atoms with Gasteiger partial charge in [-0.05, 0) is 42.0 Å². The third-order valence-electron chi connectivity index (χ3n) is 3.90. The average Bonchev–Trinajstić information content (AvgIpc) is 2.72. The van der Waals surface area contributed by atoms with Crippen molar-refractivity contribution in [1.82, 2.24) is 0 Å². The standard InChI is InChI=1S/C21H19N3O4/c25-21(23-18-6-2-1-3-7-18)15-28-20-8-4-5-16(13-20)14-22-17-9-11-19(12-10-17)24(26)27/h1-13,22H,14-15H2,(H,23,25). The Bertz CT molecular complexity index is 943. The fourth-order valence-corrected chi connectivity index (χ4v) is 2.52. The van der Waals surface area contributed by atoms with E-state index in [1.54, 1.807) is 18.2 Å². The highest BCUT2D eigenvalue weighted by atomic mass is 16.6. The first-order chi connectivity index (χ1) is 13.6. The van der Waals surface area contributed by atoms with Crippen LogP contribution in [0.15, 0.2) is 78.9 Å². The van der Waals surface area contributed by atoms with E-state index in [1.165, 1.54) is 12.1 Å². The number of non-ortho nitro benzene ring substituents is 1. The molecule has 0 spiro atoms. The SMILES string of the molecule is O=C(COc1cccc(CNc2ccc([N+](=O)[O-])cc2)c1)Nc1ccccc1. The van der Waals surface area contributed by atoms with Gasteiger partial charge in [0.25, 0.3) is 11.6 Å². The average molecular weight is 377 g/mol. The van der Waals surface area contributed by atoms with Crippen molar-refractivity contribution in [2.24, 2.45) is 0 Å². The van der Waals surface area contributed by atoms with Crippen LogP contribution < -0.4 is 15.4 Å². The van der Waals surface area contributed by atoms with Gasteiger partial charge >= 0.3 is 0 Å². The van der Waals surface area contributed by atoms with Gasteiger partial charge in [0.1, 0.15) is 5.75 Å². The second-order valence-electron chi connectivity index (χ2n) is 6.01. The summed E-state index contributed by atoms with van der Waals surface area (Å²) >= 11 is 0. The fourth-order valence-electron chi connectivity index (χ4n) is 2.52. The van der Waals surface area contributed by atoms with Gasteiger partial charge in [-0.1, -0.05) is 30.3 Å². The molecule has 2 N–H and O–H groups in total. The number of anilines is 2. The van der Waals surface area contributed by atoms with Gasteiger partial charge < -0.3 is 15.4 Å². The van der Waals surface area contributed by atoms with Gasteiger partial charge in [0, 0.05) is 30.1 Å². The molecular weight excluding hydrogens is 358 g/mol. The van der Waals surface area contributed by atoms with Gasteiger partial charge in [-0.2, -0.15) is 0 Å². The predicted molar refractivity (Wildman–Crippen MR) is 107 cm³/mol. The normalized spacial score (nSPS) is 10.1. The molecule has 0 unspecified atom stereocenters. The first kappa shape index (κ1) is 18.9. The maximum Gasteiger partial charge on any atom is 0.269 e. The molecule has 0 aromatic heterocycles. The molecule has 1 amide bonds. The molecule has 3 rings (SSSR count). The summed E-state index contributed by atoms with van der Waals surface area (Å²) in [6.07, 6.45) is 0. The molecule has 28 heavy (non-hydrogen) atoms. The van der Waals surface area contributed by atoms with Crippen LogP contribution in [0.3, 0.4) is 0 Å². The number of rotatable bonds is 8. The van der Waals surface area contributed by atoms with E-state index in [0.717, 1.165) is 16.9 Å². The van der Waals surface area contributed by atoms with Crippen molar-refractivity contribution in [3.63, 3.8) is 0 Å². The minimum absolute atomic E-state index is 0.0507. The van der Waals surface area contributed by atoms with Crippen LogP contribution in [-0.2, 0) is 11.3 Å². The third kappa shape index (κ3) is 5.57. The van der Waals surface area contributed by atoms with Crippen molar-refractivity contribution in [1.29, 1.82) is 0 Å². The Labute approximate surface area is 162 Å². The number of hydrogen-bond acceptors (Lipinski definition) is 5. The van der Waals surface area contributed by atoms with Gasteiger partial charge in [0.2, 0.25) is 0 Å². The molecule has 3 aromatic carbocycles. The van der Waals surface area contributed by atoms with E-state index in [-0.39, 0.29) is 18.2 Å². The lowest BCUT2D eigenvalue weighted by Crippen LogP contribution is -2.20. The summed E-state index contributed by atoms with van der Waals surface area (Å²) in [5.74, 6) is 0.354. The lowest BCUT2D eigenvalue weighted by atomic mass is 10.2. The summed E-state index contributed by atoms with van der Waals surface area (Å²) in [6.45, 7) is 0.430. The smallest absolute Gasteiger partial charge is 0.269 e. The second-order valence-corrected chi connectivity index (χ2v) is 6.01. The molecular formula is C21H19N3O4. The van der Waals surface area contributed by atoms with Crippen molar-refractivity contribution >= 4 is 23.0 Å². The Hall–Kier alpha value is -3.87. The second kappa shape index (κ2) is 9.18. The molecule has 0 saturated carbocycles. The maximum atomic E-state index is 12.0. The molecule has 0 aliphatic rings. The van der Waals surface area contributed by atoms with Crippen LogP contribution in [0.25, 0.3) is 0 Å². The minimum Gasteiger partial charge on any atom is -0.484 e. The highest BCUT2D eigenvalue weighted by molar-refractivity contribution is 5.91. The zero-order chi connectivity index (χ0) is 19.8. The largest absolute Gasteiger partial charge is 0.484 e. The van der Waals surface area contributed by atoms with E-state index in [9.17, 15) is 14.9 Å². The van der Waals surface area contributed by atoms with Gasteiger partial charge in [-0.3, -0.25) is 14.9 Å². The summed E-state index contributed by atoms with van der Waals surface area (Å²) < 4.78 is 5.56. The molecule has 0 saturated heterocycles. The van der Waals surface area contributed by atoms with Crippen molar-refractivity contribution in [2.75, 3.05) is 17.2 Å². The minimum atomic E-state index is -0.432. The molecule has 142 valence electrons. The number of nitro groups is 1. The lowest BCUT2D eigenvalue weighted by Gasteiger charge is -2.10. The van der Waals surface area contributed by atoms with E-state index in [1.807, 2.05) is 48.5 Å². The predicted octanol–water partition coefficient (Wildman–Crippen LogP) is 4.22. The first-order valence-electron chi connectivity index (χ1n) is 8.65. The van der Waals surface area contributed by atoms with E-state index in [0.29, 0.717) is 12.3 Å². The Balaban J connectivity index is 1.50. The van der Waals surface area contributed by atoms with Crippen LogP contribution in [0.5, 0.6) is 5.75 Å². The molecule has 7 heteroatoms. The number of carbonyl (C=O) groups is 1. The molecule has 0 aliphatic heterocycles. The van der Waals surface area contributed by atoms with Crippen LogP contribution in [0.1, 0.15) is 5.56 Å². The molecule has 3 aromatic rings. The van der Waals surface area contributed by atoms with Gasteiger partial charge in [-0.15, -0.1) is 0 Å². The van der Waals surface area contributed by atoms with E-state index >= 15 is 0 Å². The van der Waals surface area contributed by atoms with E-state index < -0.39 is 4.92 Å². The van der Waals surface area contributed by atoms with Crippen LogP contribution in [0.4, 0.5) is 17.1 Å². The van der Waals surface area contributed by atoms with Crippen LogP contribution in [-0.4, -0.2) is 17.4 Å². The molecule has 7 nitrogen and oxygen atoms in total. The molecule has 0 atom stereocenters. The number of carbonyl (C=O) groups excluding carboxylic acids is 1. The Kier molecular flexibility index (Phi) is 6.20. The zero-order valence-electron chi connectivity index (χ0n) is 15.0. The van der Waals surface area contributed by atoms with Crippen molar-refractivity contribution in [2.45, 2.75) is 6.54 Å². The number of amides is 1. The molecule has 0 fully saturated rings. The van der Waals surface area contributed by atoms with Crippen molar-refractivity contribution < 1.29 is 14.5 Å². The highest BCUT2D eigenvalue weighted by Gasteiger charge is 2.05. The third-order valence-corrected chi connectivity index (χ3v) is 3.90. The highest BCUT2D eigenvalue weighted by Crippen LogP contribution is 2.18. The summed E-state index contributed by atoms with van der Waals surface area (Å²) in [4.78, 5) is 22.2. The number of para-hydroxylation sites is 1. The molecule has 0 bridgehead atoms. The Morgan fingerprint density at radius 2 is 1.68 bits per heavy atom. The van der Waals surface area contributed by atoms with Gasteiger partial charge in [0.15, 0.2) is 6.61 Å². The summed E-state index contributed by atoms with van der Waals surface area (Å²) in [6, 6.07) is 22.8. The topological polar surface area (TPSA) is 93.5 Å². The zero-order valence-corrected chi connectivity index (χ0v) is 15.0. The van der Waals surface area contributed by atoms with Crippen molar-refractivity contribution in [3.05, 3.63) is 94.5 Å². The quantitative estimate of drug-likeness (QED) is 0.453.